The number of carbonyl (C=O) groups excluding carboxylic acids is 1. The van der Waals surface area contributed by atoms with Gasteiger partial charge in [0.25, 0.3) is 0 Å². The summed E-state index contributed by atoms with van der Waals surface area (Å²) in [6.45, 7) is 4.58. The highest BCUT2D eigenvalue weighted by Crippen LogP contribution is 2.68. The summed E-state index contributed by atoms with van der Waals surface area (Å²) in [6.07, 6.45) is 1.88. The summed E-state index contributed by atoms with van der Waals surface area (Å²) in [6, 6.07) is 0. The summed E-state index contributed by atoms with van der Waals surface area (Å²) in [5.41, 5.74) is 0.123. The fourth-order valence-electron chi connectivity index (χ4n) is 3.47. The highest BCUT2D eigenvalue weighted by atomic mass is 16.5. The van der Waals surface area contributed by atoms with Crippen molar-refractivity contribution >= 4 is 5.97 Å². The predicted molar refractivity (Wildman–Crippen MR) is 67.1 cm³/mol. The van der Waals surface area contributed by atoms with Gasteiger partial charge in [-0.1, -0.05) is 13.8 Å². The molecule has 1 unspecified atom stereocenters. The Morgan fingerprint density at radius 1 is 1.47 bits per heavy atom. The number of nitrogens with one attached hydrogen (secondary N) is 1. The third-order valence-electron chi connectivity index (χ3n) is 4.87. The van der Waals surface area contributed by atoms with E-state index >= 15 is 0 Å². The lowest BCUT2D eigenvalue weighted by molar-refractivity contribution is -0.150. The van der Waals surface area contributed by atoms with Gasteiger partial charge in [-0.25, -0.2) is 9.48 Å². The van der Waals surface area contributed by atoms with Crippen LogP contribution in [-0.4, -0.2) is 20.7 Å². The van der Waals surface area contributed by atoms with Crippen molar-refractivity contribution in [2.45, 2.75) is 33.3 Å². The first kappa shape index (κ1) is 12.4. The monoisotopic (exact) mass is 265 g/mol. The summed E-state index contributed by atoms with van der Waals surface area (Å²) >= 11 is 0. The second kappa shape index (κ2) is 3.95. The van der Waals surface area contributed by atoms with E-state index in [2.05, 4.69) is 23.9 Å². The van der Waals surface area contributed by atoms with Gasteiger partial charge in [-0.15, -0.1) is 0 Å². The number of ether oxygens (including phenoxy) is 1. The van der Waals surface area contributed by atoms with Crippen LogP contribution in [0.4, 0.5) is 0 Å². The lowest BCUT2D eigenvalue weighted by Gasteiger charge is -2.15. The smallest absolute Gasteiger partial charge is 0.343 e. The van der Waals surface area contributed by atoms with Crippen molar-refractivity contribution in [3.63, 3.8) is 0 Å². The van der Waals surface area contributed by atoms with Crippen molar-refractivity contribution in [2.75, 3.05) is 0 Å². The molecular weight excluding hydrogens is 246 g/mol. The van der Waals surface area contributed by atoms with Crippen molar-refractivity contribution in [1.82, 2.24) is 14.8 Å². The van der Waals surface area contributed by atoms with E-state index in [1.807, 2.05) is 0 Å². The molecular formula is C13H19N3O3. The van der Waals surface area contributed by atoms with Gasteiger partial charge in [0.1, 0.15) is 0 Å². The van der Waals surface area contributed by atoms with Crippen LogP contribution in [0.15, 0.2) is 4.79 Å². The van der Waals surface area contributed by atoms with Crippen LogP contribution < -0.4 is 5.69 Å². The number of H-pyrrole nitrogens is 1. The highest BCUT2D eigenvalue weighted by molar-refractivity contribution is 5.73. The number of fused-ring (bicyclic) bond motifs is 1. The summed E-state index contributed by atoms with van der Waals surface area (Å²) in [4.78, 5) is 25.6. The molecule has 3 atom stereocenters. The first-order valence-electron chi connectivity index (χ1n) is 6.68. The molecule has 1 aromatic heterocycles. The molecule has 1 aromatic rings. The van der Waals surface area contributed by atoms with E-state index in [4.69, 9.17) is 4.74 Å². The molecule has 0 saturated heterocycles. The van der Waals surface area contributed by atoms with E-state index in [1.54, 1.807) is 7.05 Å². The number of esters is 1. The van der Waals surface area contributed by atoms with E-state index in [0.717, 1.165) is 12.8 Å². The second-order valence-electron chi connectivity index (χ2n) is 6.31. The van der Waals surface area contributed by atoms with Crippen LogP contribution in [0.1, 0.15) is 32.5 Å². The molecule has 1 heterocycles. The molecule has 6 heteroatoms. The summed E-state index contributed by atoms with van der Waals surface area (Å²) < 4.78 is 6.42. The van der Waals surface area contributed by atoms with Crippen molar-refractivity contribution in [3.8, 4) is 0 Å². The standard InChI is InChI=1S/C13H19N3O3/c1-13(2)8-4-7(5-9(8)13)11(17)19-6-10-14-12(18)16(3)15-10/h7-9H,4-6H2,1-3H3,(H,14,15,18)/t7?,8-,9+. The van der Waals surface area contributed by atoms with Crippen LogP contribution in [0, 0.1) is 23.2 Å². The Morgan fingerprint density at radius 2 is 2.11 bits per heavy atom. The fourth-order valence-corrected chi connectivity index (χ4v) is 3.47. The van der Waals surface area contributed by atoms with Gasteiger partial charge in [0.05, 0.1) is 5.92 Å². The summed E-state index contributed by atoms with van der Waals surface area (Å²) in [7, 11) is 1.55. The maximum absolute atomic E-state index is 11.9. The van der Waals surface area contributed by atoms with Crippen molar-refractivity contribution < 1.29 is 9.53 Å². The van der Waals surface area contributed by atoms with E-state index in [1.165, 1.54) is 4.68 Å². The van der Waals surface area contributed by atoms with Gasteiger partial charge >= 0.3 is 11.7 Å². The normalized spacial score (nSPS) is 31.0. The van der Waals surface area contributed by atoms with Gasteiger partial charge in [-0.05, 0) is 30.1 Å². The molecule has 3 rings (SSSR count). The number of aryl methyl sites for hydroxylation is 1. The fraction of sp³-hybridized carbons (Fsp3) is 0.769. The average Bonchev–Trinajstić information content (AvgIpc) is 2.78. The quantitative estimate of drug-likeness (QED) is 0.821. The van der Waals surface area contributed by atoms with Crippen LogP contribution in [-0.2, 0) is 23.2 Å². The number of aromatic nitrogens is 3. The van der Waals surface area contributed by atoms with Crippen molar-refractivity contribution in [2.24, 2.45) is 30.2 Å². The summed E-state index contributed by atoms with van der Waals surface area (Å²) in [5, 5.41) is 3.93. The third kappa shape index (κ3) is 1.99. The predicted octanol–water partition coefficient (Wildman–Crippen LogP) is 0.834. The first-order valence-corrected chi connectivity index (χ1v) is 6.68. The zero-order chi connectivity index (χ0) is 13.8. The molecule has 2 aliphatic rings. The van der Waals surface area contributed by atoms with Crippen LogP contribution in [0.3, 0.4) is 0 Å². The Balaban J connectivity index is 1.52. The molecule has 0 aromatic carbocycles. The first-order chi connectivity index (χ1) is 8.89. The number of hydrogen-bond donors (Lipinski definition) is 1. The lowest BCUT2D eigenvalue weighted by Crippen LogP contribution is -2.19. The molecule has 2 saturated carbocycles. The molecule has 0 amide bonds. The molecule has 0 spiro atoms. The topological polar surface area (TPSA) is 77.0 Å². The number of aromatic amines is 1. The van der Waals surface area contributed by atoms with E-state index in [-0.39, 0.29) is 24.2 Å². The molecule has 0 radical (unpaired) electrons. The SMILES string of the molecule is Cn1nc(COC(=O)C2C[C@@H]3[C@H](C2)C3(C)C)[nH]c1=O. The van der Waals surface area contributed by atoms with Gasteiger partial charge in [-0.3, -0.25) is 9.78 Å². The number of nitrogens with zero attached hydrogens (tertiary/aromatic N) is 2. The highest BCUT2D eigenvalue weighted by Gasteiger charge is 2.63. The Morgan fingerprint density at radius 3 is 2.63 bits per heavy atom. The van der Waals surface area contributed by atoms with E-state index in [9.17, 15) is 9.59 Å². The molecule has 0 bridgehead atoms. The average molecular weight is 265 g/mol. The molecule has 2 aliphatic carbocycles. The molecule has 104 valence electrons. The van der Waals surface area contributed by atoms with E-state index < -0.39 is 0 Å². The molecule has 19 heavy (non-hydrogen) atoms. The number of hydrogen-bond acceptors (Lipinski definition) is 4. The Labute approximate surface area is 111 Å². The third-order valence-corrected chi connectivity index (χ3v) is 4.87. The Bertz CT molecular complexity index is 558. The van der Waals surface area contributed by atoms with Gasteiger partial charge in [0.2, 0.25) is 0 Å². The Hall–Kier alpha value is -1.59. The van der Waals surface area contributed by atoms with Gasteiger partial charge in [0.15, 0.2) is 12.4 Å². The minimum absolute atomic E-state index is 0.0264. The molecule has 2 fully saturated rings. The molecule has 1 N–H and O–H groups in total. The largest absolute Gasteiger partial charge is 0.457 e. The van der Waals surface area contributed by atoms with Gasteiger partial charge in [0, 0.05) is 7.05 Å². The number of carbonyl (C=O) groups is 1. The van der Waals surface area contributed by atoms with Gasteiger partial charge < -0.3 is 4.74 Å². The lowest BCUT2D eigenvalue weighted by atomic mass is 9.93. The molecule has 6 nitrogen and oxygen atoms in total. The summed E-state index contributed by atoms with van der Waals surface area (Å²) in [5.74, 6) is 1.62. The maximum atomic E-state index is 11.9. The Kier molecular flexibility index (Phi) is 2.59. The maximum Gasteiger partial charge on any atom is 0.343 e. The zero-order valence-electron chi connectivity index (χ0n) is 11.5. The second-order valence-corrected chi connectivity index (χ2v) is 6.31. The molecule has 0 aliphatic heterocycles. The minimum atomic E-state index is -0.296. The number of rotatable bonds is 3. The van der Waals surface area contributed by atoms with Crippen LogP contribution >= 0.6 is 0 Å². The van der Waals surface area contributed by atoms with Crippen LogP contribution in [0.2, 0.25) is 0 Å². The van der Waals surface area contributed by atoms with Crippen LogP contribution in [0.5, 0.6) is 0 Å². The zero-order valence-corrected chi connectivity index (χ0v) is 11.5. The van der Waals surface area contributed by atoms with Crippen molar-refractivity contribution in [1.29, 1.82) is 0 Å². The minimum Gasteiger partial charge on any atom is -0.457 e. The van der Waals surface area contributed by atoms with E-state index in [0.29, 0.717) is 23.1 Å². The van der Waals surface area contributed by atoms with Crippen molar-refractivity contribution in [3.05, 3.63) is 16.3 Å². The van der Waals surface area contributed by atoms with Gasteiger partial charge in [-0.2, -0.15) is 5.10 Å². The van der Waals surface area contributed by atoms with Crippen LogP contribution in [0.25, 0.3) is 0 Å².